The molecule has 6 heteroatoms. The van der Waals surface area contributed by atoms with Gasteiger partial charge in [-0.05, 0) is 60.7 Å². The van der Waals surface area contributed by atoms with Gasteiger partial charge in [0.15, 0.2) is 0 Å². The van der Waals surface area contributed by atoms with Crippen LogP contribution in [-0.2, 0) is 6.42 Å². The molecule has 146 valence electrons. The molecule has 29 heavy (non-hydrogen) atoms. The number of hydrogen-bond donors (Lipinski definition) is 0. The first kappa shape index (κ1) is 18.4. The standard InChI is InChI=1S/C23H20ClN3OS/c1-14-19(16-9-11-17(28-2)12-10-16)20-21(25-23(24)26-22(20)29-14)27-13-5-7-15-6-3-4-8-18(15)27/h3-4,6,8-12H,5,7,13H2,1-2H3. The molecule has 2 aromatic heterocycles. The lowest BCUT2D eigenvalue weighted by Crippen LogP contribution is -2.25. The monoisotopic (exact) mass is 421 g/mol. The van der Waals surface area contributed by atoms with E-state index in [1.54, 1.807) is 18.4 Å². The van der Waals surface area contributed by atoms with E-state index >= 15 is 0 Å². The summed E-state index contributed by atoms with van der Waals surface area (Å²) in [6.45, 7) is 3.05. The van der Waals surface area contributed by atoms with Crippen LogP contribution >= 0.6 is 22.9 Å². The molecule has 0 spiro atoms. The Morgan fingerprint density at radius 3 is 2.66 bits per heavy atom. The summed E-state index contributed by atoms with van der Waals surface area (Å²) in [5.74, 6) is 1.73. The highest BCUT2D eigenvalue weighted by atomic mass is 35.5. The fourth-order valence-electron chi connectivity index (χ4n) is 4.12. The fourth-order valence-corrected chi connectivity index (χ4v) is 5.38. The lowest BCUT2D eigenvalue weighted by Gasteiger charge is -2.31. The van der Waals surface area contributed by atoms with Crippen LogP contribution in [-0.4, -0.2) is 23.6 Å². The Bertz CT molecular complexity index is 1200. The van der Waals surface area contributed by atoms with Crippen LogP contribution in [0.2, 0.25) is 5.28 Å². The Hall–Kier alpha value is -2.63. The third-order valence-electron chi connectivity index (χ3n) is 5.43. The van der Waals surface area contributed by atoms with E-state index in [4.69, 9.17) is 21.3 Å². The van der Waals surface area contributed by atoms with E-state index in [0.29, 0.717) is 0 Å². The average Bonchev–Trinajstić information content (AvgIpc) is 3.08. The van der Waals surface area contributed by atoms with Crippen LogP contribution in [0.4, 0.5) is 11.5 Å². The number of aromatic nitrogens is 2. The van der Waals surface area contributed by atoms with Crippen molar-refractivity contribution in [1.29, 1.82) is 0 Å². The van der Waals surface area contributed by atoms with Gasteiger partial charge in [-0.1, -0.05) is 30.3 Å². The largest absolute Gasteiger partial charge is 0.497 e. The molecule has 4 aromatic rings. The second kappa shape index (κ2) is 7.32. The van der Waals surface area contributed by atoms with E-state index in [1.165, 1.54) is 21.7 Å². The van der Waals surface area contributed by atoms with Gasteiger partial charge in [-0.2, -0.15) is 4.98 Å². The van der Waals surface area contributed by atoms with Gasteiger partial charge in [-0.25, -0.2) is 4.98 Å². The van der Waals surface area contributed by atoms with Crippen molar-refractivity contribution in [2.45, 2.75) is 19.8 Å². The van der Waals surface area contributed by atoms with Gasteiger partial charge in [0.2, 0.25) is 5.28 Å². The summed E-state index contributed by atoms with van der Waals surface area (Å²) in [6, 6.07) is 16.7. The molecule has 5 rings (SSSR count). The van der Waals surface area contributed by atoms with Crippen molar-refractivity contribution in [3.8, 4) is 16.9 Å². The molecular weight excluding hydrogens is 402 g/mol. The summed E-state index contributed by atoms with van der Waals surface area (Å²) in [6.07, 6.45) is 2.17. The van der Waals surface area contributed by atoms with Crippen LogP contribution in [0.3, 0.4) is 0 Å². The minimum absolute atomic E-state index is 0.290. The van der Waals surface area contributed by atoms with Gasteiger partial charge in [-0.3, -0.25) is 0 Å². The van der Waals surface area contributed by atoms with E-state index in [-0.39, 0.29) is 5.28 Å². The van der Waals surface area contributed by atoms with Gasteiger partial charge in [0, 0.05) is 22.7 Å². The second-order valence-corrected chi connectivity index (χ2v) is 8.68. The molecule has 2 aromatic carbocycles. The molecule has 0 N–H and O–H groups in total. The number of fused-ring (bicyclic) bond motifs is 2. The van der Waals surface area contributed by atoms with Gasteiger partial charge >= 0.3 is 0 Å². The van der Waals surface area contributed by atoms with Crippen LogP contribution in [0, 0.1) is 6.92 Å². The summed E-state index contributed by atoms with van der Waals surface area (Å²) < 4.78 is 5.33. The molecule has 0 fully saturated rings. The molecule has 3 heterocycles. The number of ether oxygens (including phenoxy) is 1. The van der Waals surface area contributed by atoms with Crippen molar-refractivity contribution in [2.75, 3.05) is 18.6 Å². The van der Waals surface area contributed by atoms with Gasteiger partial charge < -0.3 is 9.64 Å². The van der Waals surface area contributed by atoms with E-state index < -0.39 is 0 Å². The summed E-state index contributed by atoms with van der Waals surface area (Å²) in [5.41, 5.74) is 4.85. The molecule has 1 aliphatic rings. The smallest absolute Gasteiger partial charge is 0.225 e. The Kier molecular flexibility index (Phi) is 4.64. The zero-order chi connectivity index (χ0) is 20.0. The highest BCUT2D eigenvalue weighted by Gasteiger charge is 2.25. The Morgan fingerprint density at radius 1 is 1.07 bits per heavy atom. The van der Waals surface area contributed by atoms with Crippen LogP contribution < -0.4 is 9.64 Å². The van der Waals surface area contributed by atoms with E-state index in [0.717, 1.165) is 46.7 Å². The SMILES string of the molecule is COc1ccc(-c2c(C)sc3nc(Cl)nc(N4CCCc5ccccc54)c23)cc1. The third-order valence-corrected chi connectivity index (χ3v) is 6.59. The second-order valence-electron chi connectivity index (χ2n) is 7.14. The molecule has 1 aliphatic heterocycles. The van der Waals surface area contributed by atoms with E-state index in [2.05, 4.69) is 53.2 Å². The highest BCUT2D eigenvalue weighted by Crippen LogP contribution is 2.45. The highest BCUT2D eigenvalue weighted by molar-refractivity contribution is 7.19. The molecule has 0 saturated heterocycles. The predicted octanol–water partition coefficient (Wildman–Crippen LogP) is 6.41. The first-order valence-electron chi connectivity index (χ1n) is 9.62. The van der Waals surface area contributed by atoms with E-state index in [9.17, 15) is 0 Å². The molecule has 0 amide bonds. The molecule has 0 bridgehead atoms. The number of para-hydroxylation sites is 1. The lowest BCUT2D eigenvalue weighted by atomic mass is 10.00. The molecule has 0 atom stereocenters. The number of thiophene rings is 1. The average molecular weight is 422 g/mol. The van der Waals surface area contributed by atoms with Gasteiger partial charge in [0.25, 0.3) is 0 Å². The topological polar surface area (TPSA) is 38.3 Å². The zero-order valence-electron chi connectivity index (χ0n) is 16.3. The van der Waals surface area contributed by atoms with Crippen LogP contribution in [0.25, 0.3) is 21.3 Å². The van der Waals surface area contributed by atoms with Gasteiger partial charge in [0.1, 0.15) is 16.4 Å². The molecule has 4 nitrogen and oxygen atoms in total. The normalized spacial score (nSPS) is 13.6. The van der Waals surface area contributed by atoms with Crippen molar-refractivity contribution in [2.24, 2.45) is 0 Å². The number of halogens is 1. The van der Waals surface area contributed by atoms with Crippen LogP contribution in [0.5, 0.6) is 5.75 Å². The molecule has 0 radical (unpaired) electrons. The Labute approximate surface area is 178 Å². The number of anilines is 2. The van der Waals surface area contributed by atoms with Crippen molar-refractivity contribution in [1.82, 2.24) is 9.97 Å². The maximum Gasteiger partial charge on any atom is 0.225 e. The lowest BCUT2D eigenvalue weighted by molar-refractivity contribution is 0.415. The molecule has 0 saturated carbocycles. The van der Waals surface area contributed by atoms with Crippen molar-refractivity contribution >= 4 is 44.7 Å². The molecule has 0 aliphatic carbocycles. The molecular formula is C23H20ClN3OS. The van der Waals surface area contributed by atoms with Gasteiger partial charge in [-0.15, -0.1) is 11.3 Å². The van der Waals surface area contributed by atoms with Crippen molar-refractivity contribution in [3.05, 3.63) is 64.3 Å². The minimum atomic E-state index is 0.290. The summed E-state index contributed by atoms with van der Waals surface area (Å²) in [5, 5.41) is 1.36. The summed E-state index contributed by atoms with van der Waals surface area (Å²) in [4.78, 5) is 13.7. The first-order valence-corrected chi connectivity index (χ1v) is 10.8. The maximum absolute atomic E-state index is 6.36. The summed E-state index contributed by atoms with van der Waals surface area (Å²) >= 11 is 8.02. The summed E-state index contributed by atoms with van der Waals surface area (Å²) in [7, 11) is 1.68. The fraction of sp³-hybridized carbons (Fsp3) is 0.217. The van der Waals surface area contributed by atoms with Crippen LogP contribution in [0.1, 0.15) is 16.9 Å². The number of nitrogens with zero attached hydrogens (tertiary/aromatic N) is 3. The quantitative estimate of drug-likeness (QED) is 0.358. The maximum atomic E-state index is 6.36. The van der Waals surface area contributed by atoms with E-state index in [1.807, 2.05) is 12.1 Å². The number of aryl methyl sites for hydroxylation is 2. The number of hydrogen-bond acceptors (Lipinski definition) is 5. The predicted molar refractivity (Wildman–Crippen MR) is 121 cm³/mol. The molecule has 0 unspecified atom stereocenters. The van der Waals surface area contributed by atoms with Crippen molar-refractivity contribution in [3.63, 3.8) is 0 Å². The zero-order valence-corrected chi connectivity index (χ0v) is 17.8. The van der Waals surface area contributed by atoms with Crippen LogP contribution in [0.15, 0.2) is 48.5 Å². The third kappa shape index (κ3) is 3.15. The minimum Gasteiger partial charge on any atom is -0.497 e. The Balaban J connectivity index is 1.76. The van der Waals surface area contributed by atoms with Crippen molar-refractivity contribution < 1.29 is 4.74 Å². The Morgan fingerprint density at radius 2 is 1.86 bits per heavy atom. The first-order chi connectivity index (χ1) is 14.2. The van der Waals surface area contributed by atoms with Gasteiger partial charge in [0.05, 0.1) is 12.5 Å². The number of benzene rings is 2. The number of rotatable bonds is 3. The number of methoxy groups -OCH3 is 1.